The Bertz CT molecular complexity index is 2830. The van der Waals surface area contributed by atoms with E-state index in [4.69, 9.17) is 29.9 Å². The van der Waals surface area contributed by atoms with Crippen molar-refractivity contribution in [2.45, 2.75) is 0 Å². The molecule has 0 bridgehead atoms. The van der Waals surface area contributed by atoms with Gasteiger partial charge in [-0.1, -0.05) is 91.0 Å². The van der Waals surface area contributed by atoms with Crippen LogP contribution in [0.25, 0.3) is 99.6 Å². The molecule has 10 aromatic rings. The number of benzene rings is 7. The smallest absolute Gasteiger partial charge is 0.150 e. The van der Waals surface area contributed by atoms with Crippen LogP contribution in [0.1, 0.15) is 31.1 Å². The minimum Gasteiger partial charge on any atom is -0.298 e. The van der Waals surface area contributed by atoms with Crippen LogP contribution in [0, 0.1) is 0 Å². The molecule has 0 fully saturated rings. The second kappa shape index (κ2) is 12.2. The van der Waals surface area contributed by atoms with E-state index in [1.165, 1.54) is 0 Å². The standard InChI is InChI=1S/C45H24N6O3/c52-22-25-1-7-28(8-2-25)31-13-16-34-37(19-31)49-43-40(46-34)44-42(48-36-18-15-33(21-39(36)50-44)30-11-5-27(24-54)6-12-30)45-41(43)47-35-17-14-32(20-38(35)51-45)29-9-3-26(23-53)4-10-29/h1-24H. The van der Waals surface area contributed by atoms with E-state index in [1.807, 2.05) is 91.0 Å². The van der Waals surface area contributed by atoms with E-state index < -0.39 is 0 Å². The van der Waals surface area contributed by atoms with Crippen molar-refractivity contribution >= 4 is 85.1 Å². The van der Waals surface area contributed by atoms with Gasteiger partial charge in [-0.05, 0) is 69.8 Å². The van der Waals surface area contributed by atoms with E-state index in [9.17, 15) is 14.4 Å². The van der Waals surface area contributed by atoms with Crippen LogP contribution in [0.4, 0.5) is 0 Å². The Hall–Kier alpha value is -7.65. The normalized spacial score (nSPS) is 11.6. The van der Waals surface area contributed by atoms with Gasteiger partial charge in [0.15, 0.2) is 0 Å². The second-order valence-corrected chi connectivity index (χ2v) is 13.1. The third-order valence-corrected chi connectivity index (χ3v) is 9.81. The Kier molecular flexibility index (Phi) is 7.06. The minimum atomic E-state index is 0.552. The predicted molar refractivity (Wildman–Crippen MR) is 211 cm³/mol. The van der Waals surface area contributed by atoms with Crippen molar-refractivity contribution in [1.29, 1.82) is 0 Å². The highest BCUT2D eigenvalue weighted by Gasteiger charge is 2.20. The van der Waals surface area contributed by atoms with Crippen molar-refractivity contribution in [3.8, 4) is 33.4 Å². The maximum Gasteiger partial charge on any atom is 0.150 e. The lowest BCUT2D eigenvalue weighted by Gasteiger charge is -2.12. The van der Waals surface area contributed by atoms with Crippen molar-refractivity contribution < 1.29 is 14.4 Å². The first kappa shape index (κ1) is 31.1. The van der Waals surface area contributed by atoms with Crippen LogP contribution in [-0.2, 0) is 0 Å². The first-order chi connectivity index (χ1) is 26.5. The quantitative estimate of drug-likeness (QED) is 0.0948. The van der Waals surface area contributed by atoms with E-state index in [-0.39, 0.29) is 0 Å². The molecule has 0 spiro atoms. The van der Waals surface area contributed by atoms with Gasteiger partial charge < -0.3 is 0 Å². The molecule has 3 heterocycles. The van der Waals surface area contributed by atoms with Gasteiger partial charge in [-0.3, -0.25) is 14.4 Å². The summed E-state index contributed by atoms with van der Waals surface area (Å²) >= 11 is 0. The Morgan fingerprint density at radius 1 is 0.259 bits per heavy atom. The zero-order valence-corrected chi connectivity index (χ0v) is 28.3. The topological polar surface area (TPSA) is 129 Å². The third kappa shape index (κ3) is 5.14. The molecule has 10 rings (SSSR count). The van der Waals surface area contributed by atoms with Gasteiger partial charge in [0, 0.05) is 16.7 Å². The van der Waals surface area contributed by atoms with Crippen LogP contribution in [0.5, 0.6) is 0 Å². The van der Waals surface area contributed by atoms with Gasteiger partial charge in [0.25, 0.3) is 0 Å². The summed E-state index contributed by atoms with van der Waals surface area (Å²) in [6, 6.07) is 40.0. The molecule has 0 amide bonds. The molecule has 0 aliphatic heterocycles. The summed E-state index contributed by atoms with van der Waals surface area (Å²) in [5.74, 6) is 0. The SMILES string of the molecule is O=Cc1ccc(-c2ccc3nc4c5nc6cc(-c7ccc(C=O)cc7)ccc6nc5c5nc6cc(-c7ccc(C=O)cc7)ccc6nc5c4nc3c2)cc1. The summed E-state index contributed by atoms with van der Waals surface area (Å²) in [6.07, 6.45) is 2.48. The molecule has 0 unspecified atom stereocenters. The highest BCUT2D eigenvalue weighted by Crippen LogP contribution is 2.35. The van der Waals surface area contributed by atoms with Crippen LogP contribution in [0.3, 0.4) is 0 Å². The number of carbonyl (C=O) groups is 3. The largest absolute Gasteiger partial charge is 0.298 e. The Morgan fingerprint density at radius 2 is 0.481 bits per heavy atom. The van der Waals surface area contributed by atoms with Crippen molar-refractivity contribution in [3.05, 3.63) is 144 Å². The van der Waals surface area contributed by atoms with Gasteiger partial charge in [0.1, 0.15) is 52.0 Å². The first-order valence-corrected chi connectivity index (χ1v) is 17.2. The number of aldehydes is 3. The molecule has 252 valence electrons. The summed E-state index contributed by atoms with van der Waals surface area (Å²) in [5.41, 5.74) is 14.9. The van der Waals surface area contributed by atoms with Gasteiger partial charge in [-0.25, -0.2) is 29.9 Å². The van der Waals surface area contributed by atoms with Crippen LogP contribution >= 0.6 is 0 Å². The van der Waals surface area contributed by atoms with Gasteiger partial charge in [-0.2, -0.15) is 0 Å². The lowest BCUT2D eigenvalue weighted by Crippen LogP contribution is -1.99. The number of nitrogens with zero attached hydrogens (tertiary/aromatic N) is 6. The Labute approximate surface area is 306 Å². The zero-order chi connectivity index (χ0) is 36.3. The number of rotatable bonds is 6. The van der Waals surface area contributed by atoms with Crippen LogP contribution in [-0.4, -0.2) is 48.8 Å². The molecule has 54 heavy (non-hydrogen) atoms. The van der Waals surface area contributed by atoms with Gasteiger partial charge in [-0.15, -0.1) is 0 Å². The number of fused-ring (bicyclic) bond motifs is 9. The molecule has 3 aromatic heterocycles. The van der Waals surface area contributed by atoms with Crippen molar-refractivity contribution in [3.63, 3.8) is 0 Å². The summed E-state index contributed by atoms with van der Waals surface area (Å²) in [6.45, 7) is 0. The fourth-order valence-electron chi connectivity index (χ4n) is 6.95. The van der Waals surface area contributed by atoms with Crippen molar-refractivity contribution in [2.24, 2.45) is 0 Å². The molecule has 7 aromatic carbocycles. The maximum atomic E-state index is 11.3. The summed E-state index contributed by atoms with van der Waals surface area (Å²) < 4.78 is 0. The fraction of sp³-hybridized carbons (Fsp3) is 0. The first-order valence-electron chi connectivity index (χ1n) is 17.2. The van der Waals surface area contributed by atoms with Crippen LogP contribution < -0.4 is 0 Å². The Balaban J connectivity index is 1.24. The average molecular weight is 697 g/mol. The molecule has 0 N–H and O–H groups in total. The average Bonchev–Trinajstić information content (AvgIpc) is 3.24. The van der Waals surface area contributed by atoms with Gasteiger partial charge >= 0.3 is 0 Å². The second-order valence-electron chi connectivity index (χ2n) is 13.1. The maximum absolute atomic E-state index is 11.3. The monoisotopic (exact) mass is 696 g/mol. The lowest BCUT2D eigenvalue weighted by molar-refractivity contribution is 0.111. The Morgan fingerprint density at radius 3 is 0.722 bits per heavy atom. The predicted octanol–water partition coefficient (Wildman–Crippen LogP) is 9.41. The zero-order valence-electron chi connectivity index (χ0n) is 28.3. The molecule has 9 heteroatoms. The van der Waals surface area contributed by atoms with Gasteiger partial charge in [0.05, 0.1) is 33.1 Å². The third-order valence-electron chi connectivity index (χ3n) is 9.81. The summed E-state index contributed by atoms with van der Waals surface area (Å²) in [7, 11) is 0. The molecule has 0 saturated heterocycles. The molecule has 0 atom stereocenters. The number of carbonyl (C=O) groups excluding carboxylic acids is 3. The van der Waals surface area contributed by atoms with Crippen molar-refractivity contribution in [1.82, 2.24) is 29.9 Å². The van der Waals surface area contributed by atoms with E-state index in [0.717, 1.165) is 52.2 Å². The minimum absolute atomic E-state index is 0.552. The molecule has 0 aliphatic carbocycles. The molecular formula is C45H24N6O3. The van der Waals surface area contributed by atoms with Crippen LogP contribution in [0.2, 0.25) is 0 Å². The fourth-order valence-corrected chi connectivity index (χ4v) is 6.95. The van der Waals surface area contributed by atoms with E-state index >= 15 is 0 Å². The molecular weight excluding hydrogens is 673 g/mol. The lowest BCUT2D eigenvalue weighted by atomic mass is 10.0. The summed E-state index contributed by atoms with van der Waals surface area (Å²) in [5, 5.41) is 0. The highest BCUT2D eigenvalue weighted by atomic mass is 16.1. The highest BCUT2D eigenvalue weighted by molar-refractivity contribution is 6.21. The van der Waals surface area contributed by atoms with E-state index in [0.29, 0.717) is 82.9 Å². The number of hydrogen-bond acceptors (Lipinski definition) is 9. The van der Waals surface area contributed by atoms with Gasteiger partial charge in [0.2, 0.25) is 0 Å². The van der Waals surface area contributed by atoms with E-state index in [1.54, 1.807) is 36.4 Å². The molecule has 0 aliphatic rings. The number of hydrogen-bond donors (Lipinski definition) is 0. The molecule has 0 saturated carbocycles. The molecule has 0 radical (unpaired) electrons. The van der Waals surface area contributed by atoms with E-state index in [2.05, 4.69) is 0 Å². The number of aromatic nitrogens is 6. The van der Waals surface area contributed by atoms with Crippen LogP contribution in [0.15, 0.2) is 127 Å². The summed E-state index contributed by atoms with van der Waals surface area (Å²) in [4.78, 5) is 64.7. The molecule has 9 nitrogen and oxygen atoms in total. The van der Waals surface area contributed by atoms with Crippen molar-refractivity contribution in [2.75, 3.05) is 0 Å².